The Bertz CT molecular complexity index is 1180. The van der Waals surface area contributed by atoms with Gasteiger partial charge in [0.05, 0.1) is 17.2 Å². The van der Waals surface area contributed by atoms with Gasteiger partial charge < -0.3 is 14.5 Å². The first-order chi connectivity index (χ1) is 14.1. The van der Waals surface area contributed by atoms with E-state index in [1.165, 1.54) is 12.4 Å². The second kappa shape index (κ2) is 7.16. The van der Waals surface area contributed by atoms with Gasteiger partial charge in [-0.3, -0.25) is 4.79 Å². The van der Waals surface area contributed by atoms with Gasteiger partial charge in [-0.25, -0.2) is 4.98 Å². The second-order valence-corrected chi connectivity index (χ2v) is 7.46. The molecule has 0 spiro atoms. The van der Waals surface area contributed by atoms with E-state index in [2.05, 4.69) is 15.3 Å². The zero-order valence-electron chi connectivity index (χ0n) is 16.6. The molecule has 30 heavy (non-hydrogen) atoms. The zero-order chi connectivity index (χ0) is 21.6. The van der Waals surface area contributed by atoms with E-state index >= 15 is 0 Å². The number of carbonyl (C=O) groups excluding carboxylic acids is 1. The van der Waals surface area contributed by atoms with Crippen LogP contribution in [-0.4, -0.2) is 27.4 Å². The maximum Gasteiger partial charge on any atom is 0.417 e. The molecule has 1 aliphatic carbocycles. The van der Waals surface area contributed by atoms with Crippen LogP contribution >= 0.6 is 0 Å². The summed E-state index contributed by atoms with van der Waals surface area (Å²) < 4.78 is 47.9. The molecule has 2 N–H and O–H groups in total. The van der Waals surface area contributed by atoms with Crippen molar-refractivity contribution in [1.29, 1.82) is 0 Å². The SMILES string of the molecule is Cc1c[nH+]c(OC(C)C)c(Nc2nccn3cc4c(c23)CC(=O)C=C4C(F)(F)F)c1. The fourth-order valence-corrected chi connectivity index (χ4v) is 3.54. The number of halogens is 3. The van der Waals surface area contributed by atoms with E-state index in [-0.39, 0.29) is 18.1 Å². The maximum absolute atomic E-state index is 13.5. The summed E-state index contributed by atoms with van der Waals surface area (Å²) in [7, 11) is 0. The summed E-state index contributed by atoms with van der Waals surface area (Å²) in [4.78, 5) is 19.5. The van der Waals surface area contributed by atoms with Crippen LogP contribution in [-0.2, 0) is 11.2 Å². The number of ether oxygens (including phenoxy) is 1. The number of pyridine rings is 1. The van der Waals surface area contributed by atoms with Crippen LogP contribution in [0.2, 0.25) is 0 Å². The number of allylic oxidation sites excluding steroid dienone is 2. The Hall–Kier alpha value is -3.36. The first-order valence-electron chi connectivity index (χ1n) is 9.40. The number of rotatable bonds is 4. The number of aryl methyl sites for hydroxylation is 1. The lowest BCUT2D eigenvalue weighted by molar-refractivity contribution is -0.395. The predicted octanol–water partition coefficient (Wildman–Crippen LogP) is 4.06. The number of nitrogens with one attached hydrogen (secondary N) is 2. The van der Waals surface area contributed by atoms with Gasteiger partial charge in [-0.15, -0.1) is 0 Å². The molecular weight excluding hydrogens is 397 g/mol. The van der Waals surface area contributed by atoms with Gasteiger partial charge in [-0.1, -0.05) is 0 Å². The van der Waals surface area contributed by atoms with Crippen molar-refractivity contribution < 1.29 is 27.7 Å². The highest BCUT2D eigenvalue weighted by Crippen LogP contribution is 2.41. The highest BCUT2D eigenvalue weighted by molar-refractivity contribution is 6.05. The highest BCUT2D eigenvalue weighted by Gasteiger charge is 2.40. The summed E-state index contributed by atoms with van der Waals surface area (Å²) in [5.41, 5.74) is 1.30. The molecule has 3 heterocycles. The number of fused-ring (bicyclic) bond motifs is 3. The Morgan fingerprint density at radius 2 is 2.10 bits per heavy atom. The first kappa shape index (κ1) is 19.9. The van der Waals surface area contributed by atoms with Crippen LogP contribution in [0.15, 0.2) is 36.9 Å². The molecule has 0 aliphatic heterocycles. The van der Waals surface area contributed by atoms with E-state index in [9.17, 15) is 18.0 Å². The third-order valence-electron chi connectivity index (χ3n) is 4.70. The third-order valence-corrected chi connectivity index (χ3v) is 4.70. The number of anilines is 2. The number of nitrogens with zero attached hydrogens (tertiary/aromatic N) is 2. The van der Waals surface area contributed by atoms with Crippen molar-refractivity contribution in [3.05, 3.63) is 53.6 Å². The van der Waals surface area contributed by atoms with Crippen LogP contribution in [0.25, 0.3) is 11.1 Å². The van der Waals surface area contributed by atoms with Crippen LogP contribution in [0.5, 0.6) is 5.88 Å². The number of aromatic nitrogens is 3. The number of aromatic amines is 1. The number of carbonyl (C=O) groups is 1. The summed E-state index contributed by atoms with van der Waals surface area (Å²) >= 11 is 0. The van der Waals surface area contributed by atoms with E-state index in [1.54, 1.807) is 16.8 Å². The lowest BCUT2D eigenvalue weighted by atomic mass is 9.92. The van der Waals surface area contributed by atoms with Crippen molar-refractivity contribution in [3.63, 3.8) is 0 Å². The quantitative estimate of drug-likeness (QED) is 0.695. The molecule has 0 radical (unpaired) electrons. The fraction of sp³-hybridized carbons (Fsp3) is 0.286. The Labute approximate surface area is 170 Å². The maximum atomic E-state index is 13.5. The molecule has 1 aliphatic rings. The minimum atomic E-state index is -4.62. The molecular formula is C21H20F3N4O2+. The minimum Gasteiger partial charge on any atom is -0.440 e. The van der Waals surface area contributed by atoms with Gasteiger partial charge in [0.2, 0.25) is 0 Å². The van der Waals surface area contributed by atoms with Gasteiger partial charge in [0.25, 0.3) is 0 Å². The van der Waals surface area contributed by atoms with Gasteiger partial charge in [-0.05, 0) is 38.5 Å². The molecule has 0 atom stereocenters. The Morgan fingerprint density at radius 3 is 2.80 bits per heavy atom. The molecule has 0 saturated carbocycles. The molecule has 3 aromatic heterocycles. The molecule has 0 saturated heterocycles. The molecule has 0 aromatic carbocycles. The number of hydrogen-bond acceptors (Lipinski definition) is 4. The van der Waals surface area contributed by atoms with Gasteiger partial charge in [0, 0.05) is 36.1 Å². The monoisotopic (exact) mass is 417 g/mol. The van der Waals surface area contributed by atoms with E-state index in [0.717, 1.165) is 5.56 Å². The summed E-state index contributed by atoms with van der Waals surface area (Å²) in [6.07, 6.45) is 2.06. The van der Waals surface area contributed by atoms with Gasteiger partial charge >= 0.3 is 12.1 Å². The summed E-state index contributed by atoms with van der Waals surface area (Å²) in [6.45, 7) is 5.67. The van der Waals surface area contributed by atoms with Crippen LogP contribution in [0, 0.1) is 6.92 Å². The van der Waals surface area contributed by atoms with E-state index < -0.39 is 17.5 Å². The van der Waals surface area contributed by atoms with E-state index in [0.29, 0.717) is 34.5 Å². The highest BCUT2D eigenvalue weighted by atomic mass is 19.4. The molecule has 0 bridgehead atoms. The smallest absolute Gasteiger partial charge is 0.417 e. The zero-order valence-corrected chi connectivity index (χ0v) is 16.6. The summed E-state index contributed by atoms with van der Waals surface area (Å²) in [5.74, 6) is 0.222. The molecule has 0 amide bonds. The Kier molecular flexibility index (Phi) is 4.76. The van der Waals surface area contributed by atoms with Crippen molar-refractivity contribution in [2.24, 2.45) is 0 Å². The normalized spacial score (nSPS) is 14.1. The number of alkyl halides is 3. The average Bonchev–Trinajstić information content (AvgIpc) is 3.01. The first-order valence-corrected chi connectivity index (χ1v) is 9.40. The molecule has 0 unspecified atom stereocenters. The minimum absolute atomic E-state index is 0.00684. The van der Waals surface area contributed by atoms with Crippen LogP contribution in [0.4, 0.5) is 24.7 Å². The lowest BCUT2D eigenvalue weighted by Crippen LogP contribution is -2.18. The third kappa shape index (κ3) is 3.62. The van der Waals surface area contributed by atoms with Gasteiger partial charge in [-0.2, -0.15) is 18.2 Å². The van der Waals surface area contributed by atoms with Gasteiger partial charge in [0.15, 0.2) is 23.5 Å². The van der Waals surface area contributed by atoms with Crippen molar-refractivity contribution in [3.8, 4) is 5.88 Å². The van der Waals surface area contributed by atoms with Crippen LogP contribution in [0.3, 0.4) is 0 Å². The number of hydrogen-bond donors (Lipinski definition) is 1. The molecule has 3 aromatic rings. The van der Waals surface area contributed by atoms with Crippen molar-refractivity contribution in [1.82, 2.24) is 9.38 Å². The van der Waals surface area contributed by atoms with E-state index in [4.69, 9.17) is 4.74 Å². The lowest BCUT2D eigenvalue weighted by Gasteiger charge is -2.16. The Balaban J connectivity index is 1.86. The number of ketones is 1. The van der Waals surface area contributed by atoms with E-state index in [1.807, 2.05) is 26.8 Å². The molecule has 9 heteroatoms. The average molecular weight is 417 g/mol. The topological polar surface area (TPSA) is 69.8 Å². The summed E-state index contributed by atoms with van der Waals surface area (Å²) in [5, 5.41) is 3.17. The number of H-pyrrole nitrogens is 1. The largest absolute Gasteiger partial charge is 0.440 e. The van der Waals surface area contributed by atoms with Crippen molar-refractivity contribution in [2.45, 2.75) is 39.5 Å². The van der Waals surface area contributed by atoms with Crippen molar-refractivity contribution in [2.75, 3.05) is 5.32 Å². The predicted molar refractivity (Wildman–Crippen MR) is 105 cm³/mol. The fourth-order valence-electron chi connectivity index (χ4n) is 3.54. The standard InChI is InChI=1S/C21H19F3N4O2/c1-11(2)30-20-17(6-12(3)9-26-20)27-19-18-14-7-13(29)8-16(21(22,23)24)15(14)10-28(18)5-4-25-19/h4-6,8-11H,7H2,1-3H3,(H,25,27)/p+1. The molecule has 4 rings (SSSR count). The van der Waals surface area contributed by atoms with Gasteiger partial charge in [0.1, 0.15) is 0 Å². The van der Waals surface area contributed by atoms with Crippen LogP contribution in [0.1, 0.15) is 30.5 Å². The molecule has 6 nitrogen and oxygen atoms in total. The van der Waals surface area contributed by atoms with Crippen molar-refractivity contribution >= 4 is 28.4 Å². The molecule has 0 fully saturated rings. The second-order valence-electron chi connectivity index (χ2n) is 7.46. The van der Waals surface area contributed by atoms with Crippen LogP contribution < -0.4 is 15.0 Å². The Morgan fingerprint density at radius 1 is 1.33 bits per heavy atom. The summed E-state index contributed by atoms with van der Waals surface area (Å²) in [6, 6.07) is 1.85. The molecule has 156 valence electrons.